The maximum absolute atomic E-state index is 12.5. The van der Waals surface area contributed by atoms with Crippen LogP contribution in [0.1, 0.15) is 13.8 Å². The Balaban J connectivity index is 1.89. The summed E-state index contributed by atoms with van der Waals surface area (Å²) in [5.74, 6) is 0.253. The number of rotatable bonds is 3. The third-order valence-electron chi connectivity index (χ3n) is 3.79. The highest BCUT2D eigenvalue weighted by Crippen LogP contribution is 2.34. The van der Waals surface area contributed by atoms with E-state index in [0.717, 1.165) is 0 Å². The summed E-state index contributed by atoms with van der Waals surface area (Å²) in [6.07, 6.45) is 0. The number of halogens is 1. The normalized spacial score (nSPS) is 16.2. The van der Waals surface area contributed by atoms with Gasteiger partial charge in [-0.1, -0.05) is 17.7 Å². The lowest BCUT2D eigenvalue weighted by molar-refractivity contribution is -0.124. The van der Waals surface area contributed by atoms with Crippen LogP contribution < -0.4 is 14.8 Å². The summed E-state index contributed by atoms with van der Waals surface area (Å²) in [6, 6.07) is 10.7. The molecule has 0 aromatic heterocycles. The van der Waals surface area contributed by atoms with Crippen LogP contribution in [0.5, 0.6) is 5.75 Å². The number of sulfonamides is 1. The smallest absolute Gasteiger partial charge is 0.261 e. The van der Waals surface area contributed by atoms with Gasteiger partial charge in [0.15, 0.2) is 0 Å². The van der Waals surface area contributed by atoms with Crippen molar-refractivity contribution in [2.45, 2.75) is 18.7 Å². The first-order valence-electron chi connectivity index (χ1n) is 7.54. The van der Waals surface area contributed by atoms with Gasteiger partial charge >= 0.3 is 0 Å². The van der Waals surface area contributed by atoms with Crippen LogP contribution in [0.4, 0.5) is 11.4 Å². The molecule has 25 heavy (non-hydrogen) atoms. The van der Waals surface area contributed by atoms with Gasteiger partial charge in [0, 0.05) is 11.1 Å². The lowest BCUT2D eigenvalue weighted by atomic mass is 9.94. The number of hydrogen-bond acceptors (Lipinski definition) is 4. The summed E-state index contributed by atoms with van der Waals surface area (Å²) in [7, 11) is -3.78. The van der Waals surface area contributed by atoms with Crippen LogP contribution in [0.3, 0.4) is 0 Å². The van der Waals surface area contributed by atoms with Crippen molar-refractivity contribution in [1.82, 2.24) is 0 Å². The molecular weight excluding hydrogens is 364 g/mol. The number of nitrogens with one attached hydrogen (secondary N) is 2. The molecule has 0 radical (unpaired) electrons. The number of ether oxygens (including phenoxy) is 1. The van der Waals surface area contributed by atoms with Crippen molar-refractivity contribution in [2.75, 3.05) is 16.6 Å². The molecule has 0 fully saturated rings. The molecule has 0 unspecified atom stereocenters. The van der Waals surface area contributed by atoms with Crippen molar-refractivity contribution in [1.29, 1.82) is 0 Å². The van der Waals surface area contributed by atoms with Gasteiger partial charge in [-0.3, -0.25) is 9.52 Å². The first-order chi connectivity index (χ1) is 11.7. The Morgan fingerprint density at radius 3 is 2.68 bits per heavy atom. The number of anilines is 2. The second-order valence-electron chi connectivity index (χ2n) is 6.40. The van der Waals surface area contributed by atoms with E-state index in [9.17, 15) is 13.2 Å². The Kier molecular flexibility index (Phi) is 4.38. The minimum absolute atomic E-state index is 0.0605. The third-order valence-corrected chi connectivity index (χ3v) is 5.41. The molecule has 132 valence electrons. The van der Waals surface area contributed by atoms with Gasteiger partial charge in [0.25, 0.3) is 10.0 Å². The number of carbonyl (C=O) groups is 1. The predicted molar refractivity (Wildman–Crippen MR) is 96.6 cm³/mol. The number of hydrogen-bond donors (Lipinski definition) is 2. The average Bonchev–Trinajstić information content (AvgIpc) is 2.64. The predicted octanol–water partition coefficient (Wildman–Crippen LogP) is 3.50. The minimum atomic E-state index is -3.78. The highest BCUT2D eigenvalue weighted by Gasteiger charge is 2.32. The van der Waals surface area contributed by atoms with Gasteiger partial charge in [-0.25, -0.2) is 8.42 Å². The molecule has 1 aliphatic heterocycles. The summed E-state index contributed by atoms with van der Waals surface area (Å²) in [5, 5.41) is 3.11. The van der Waals surface area contributed by atoms with Crippen LogP contribution in [0.2, 0.25) is 5.02 Å². The van der Waals surface area contributed by atoms with E-state index >= 15 is 0 Å². The van der Waals surface area contributed by atoms with Gasteiger partial charge < -0.3 is 10.1 Å². The molecule has 1 aliphatic rings. The molecule has 0 spiro atoms. The molecule has 3 rings (SSSR count). The van der Waals surface area contributed by atoms with Crippen LogP contribution in [-0.4, -0.2) is 20.9 Å². The fraction of sp³-hybridized carbons (Fsp3) is 0.235. The summed E-state index contributed by atoms with van der Waals surface area (Å²) in [4.78, 5) is 12.2. The minimum Gasteiger partial charge on any atom is -0.490 e. The Bertz CT molecular complexity index is 941. The van der Waals surface area contributed by atoms with Crippen LogP contribution >= 0.6 is 11.6 Å². The Morgan fingerprint density at radius 1 is 1.20 bits per heavy atom. The second kappa shape index (κ2) is 6.24. The molecule has 2 N–H and O–H groups in total. The van der Waals surface area contributed by atoms with E-state index in [1.165, 1.54) is 12.1 Å². The van der Waals surface area contributed by atoms with Crippen molar-refractivity contribution >= 4 is 38.9 Å². The Hall–Kier alpha value is -2.25. The molecular formula is C17H17ClN2O4S. The molecule has 0 atom stereocenters. The Morgan fingerprint density at radius 2 is 1.96 bits per heavy atom. The van der Waals surface area contributed by atoms with E-state index in [4.69, 9.17) is 16.3 Å². The van der Waals surface area contributed by atoms with Crippen molar-refractivity contribution in [3.63, 3.8) is 0 Å². The first-order valence-corrected chi connectivity index (χ1v) is 9.40. The van der Waals surface area contributed by atoms with Crippen LogP contribution in [0.15, 0.2) is 47.4 Å². The van der Waals surface area contributed by atoms with Gasteiger partial charge in [0.2, 0.25) is 5.91 Å². The zero-order valence-electron chi connectivity index (χ0n) is 13.7. The highest BCUT2D eigenvalue weighted by atomic mass is 35.5. The molecule has 0 aliphatic carbocycles. The SMILES string of the molecule is CC1(C)COc2cc(NS(=O)(=O)c3cccc(Cl)c3)ccc2NC1=O. The lowest BCUT2D eigenvalue weighted by Crippen LogP contribution is -2.33. The third kappa shape index (κ3) is 3.72. The summed E-state index contributed by atoms with van der Waals surface area (Å²) >= 11 is 5.85. The number of amides is 1. The van der Waals surface area contributed by atoms with Gasteiger partial charge in [-0.2, -0.15) is 0 Å². The molecule has 2 aromatic rings. The molecule has 1 heterocycles. The number of carbonyl (C=O) groups excluding carboxylic acids is 1. The van der Waals surface area contributed by atoms with E-state index in [1.54, 1.807) is 44.2 Å². The standard InChI is InChI=1S/C17H17ClN2O4S/c1-17(2)10-24-15-9-12(6-7-14(15)19-16(17)21)20-25(22,23)13-5-3-4-11(18)8-13/h3-9,20H,10H2,1-2H3,(H,19,21). The zero-order chi connectivity index (χ0) is 18.2. The van der Waals surface area contributed by atoms with Gasteiger partial charge in [0.1, 0.15) is 12.4 Å². The number of fused-ring (bicyclic) bond motifs is 1. The topological polar surface area (TPSA) is 84.5 Å². The fourth-order valence-corrected chi connectivity index (χ4v) is 3.62. The quantitative estimate of drug-likeness (QED) is 0.853. The van der Waals surface area contributed by atoms with E-state index in [-0.39, 0.29) is 17.4 Å². The maximum Gasteiger partial charge on any atom is 0.261 e. The largest absolute Gasteiger partial charge is 0.490 e. The first kappa shape index (κ1) is 17.6. The number of benzene rings is 2. The molecule has 0 saturated heterocycles. The maximum atomic E-state index is 12.5. The summed E-state index contributed by atoms with van der Waals surface area (Å²) < 4.78 is 33.1. The van der Waals surface area contributed by atoms with Crippen LogP contribution in [-0.2, 0) is 14.8 Å². The van der Waals surface area contributed by atoms with Gasteiger partial charge in [-0.15, -0.1) is 0 Å². The lowest BCUT2D eigenvalue weighted by Gasteiger charge is -2.18. The molecule has 8 heteroatoms. The van der Waals surface area contributed by atoms with Gasteiger partial charge in [-0.05, 0) is 44.2 Å². The molecule has 0 bridgehead atoms. The Labute approximate surface area is 151 Å². The van der Waals surface area contributed by atoms with Crippen molar-refractivity contribution in [3.8, 4) is 5.75 Å². The summed E-state index contributed by atoms with van der Waals surface area (Å²) in [5.41, 5.74) is 0.147. The molecule has 1 amide bonds. The van der Waals surface area contributed by atoms with Crippen molar-refractivity contribution in [3.05, 3.63) is 47.5 Å². The van der Waals surface area contributed by atoms with Gasteiger partial charge in [0.05, 0.1) is 21.7 Å². The highest BCUT2D eigenvalue weighted by molar-refractivity contribution is 7.92. The van der Waals surface area contributed by atoms with E-state index < -0.39 is 15.4 Å². The second-order valence-corrected chi connectivity index (χ2v) is 8.52. The van der Waals surface area contributed by atoms with E-state index in [0.29, 0.717) is 22.1 Å². The molecule has 6 nitrogen and oxygen atoms in total. The van der Waals surface area contributed by atoms with Crippen molar-refractivity contribution < 1.29 is 17.9 Å². The fourth-order valence-electron chi connectivity index (χ4n) is 2.27. The average molecular weight is 381 g/mol. The van der Waals surface area contributed by atoms with Crippen LogP contribution in [0.25, 0.3) is 0 Å². The monoisotopic (exact) mass is 380 g/mol. The van der Waals surface area contributed by atoms with Crippen LogP contribution in [0, 0.1) is 5.41 Å². The zero-order valence-corrected chi connectivity index (χ0v) is 15.2. The van der Waals surface area contributed by atoms with E-state index in [1.807, 2.05) is 0 Å². The molecule has 2 aromatic carbocycles. The molecule has 0 saturated carbocycles. The van der Waals surface area contributed by atoms with E-state index in [2.05, 4.69) is 10.0 Å². The summed E-state index contributed by atoms with van der Waals surface area (Å²) in [6.45, 7) is 3.74. The van der Waals surface area contributed by atoms with Crippen molar-refractivity contribution in [2.24, 2.45) is 5.41 Å².